The van der Waals surface area contributed by atoms with Crippen molar-refractivity contribution < 1.29 is 9.90 Å². The van der Waals surface area contributed by atoms with E-state index in [0.29, 0.717) is 16.5 Å². The van der Waals surface area contributed by atoms with E-state index in [2.05, 4.69) is 23.5 Å². The first-order valence-corrected chi connectivity index (χ1v) is 11.3. The highest BCUT2D eigenvalue weighted by Gasteiger charge is 2.29. The van der Waals surface area contributed by atoms with Gasteiger partial charge >= 0.3 is 0 Å². The number of carbonyl (C=O) groups is 1. The molecule has 0 saturated heterocycles. The molecule has 5 heteroatoms. The van der Waals surface area contributed by atoms with Crippen LogP contribution in [0.15, 0.2) is 42.5 Å². The number of hydrogen-bond acceptors (Lipinski definition) is 3. The first-order valence-electron chi connectivity index (χ1n) is 10.9. The lowest BCUT2D eigenvalue weighted by Crippen LogP contribution is -2.39. The third-order valence-corrected chi connectivity index (χ3v) is 6.61. The highest BCUT2D eigenvalue weighted by molar-refractivity contribution is 6.30. The van der Waals surface area contributed by atoms with E-state index in [1.54, 1.807) is 24.3 Å². The zero-order valence-corrected chi connectivity index (χ0v) is 18.8. The van der Waals surface area contributed by atoms with Gasteiger partial charge in [0.25, 0.3) is 5.91 Å². The van der Waals surface area contributed by atoms with E-state index in [1.807, 2.05) is 19.0 Å². The van der Waals surface area contributed by atoms with Crippen LogP contribution in [-0.2, 0) is 13.0 Å². The Balaban J connectivity index is 1.67. The molecule has 0 spiro atoms. The third-order valence-electron chi connectivity index (χ3n) is 6.36. The van der Waals surface area contributed by atoms with Crippen molar-refractivity contribution in [3.8, 4) is 0 Å². The van der Waals surface area contributed by atoms with Crippen LogP contribution in [0.3, 0.4) is 0 Å². The molecular weight excluding hydrogens is 396 g/mol. The number of nitrogens with one attached hydrogen (secondary N) is 1. The van der Waals surface area contributed by atoms with E-state index >= 15 is 0 Å². The molecule has 0 atom stereocenters. The fraction of sp³-hybridized carbons (Fsp3) is 0.480. The monoisotopic (exact) mass is 428 g/mol. The summed E-state index contributed by atoms with van der Waals surface area (Å²) in [6.07, 6.45) is 5.91. The number of rotatable bonds is 8. The molecule has 30 heavy (non-hydrogen) atoms. The Morgan fingerprint density at radius 3 is 2.47 bits per heavy atom. The first-order chi connectivity index (χ1) is 14.5. The van der Waals surface area contributed by atoms with Gasteiger partial charge in [-0.15, -0.1) is 0 Å². The number of carbonyl (C=O) groups excluding carboxylic acids is 1. The number of hydrogen-bond donors (Lipinski definition) is 2. The van der Waals surface area contributed by atoms with Crippen molar-refractivity contribution in [3.05, 3.63) is 69.7 Å². The van der Waals surface area contributed by atoms with Crippen molar-refractivity contribution in [3.63, 3.8) is 0 Å². The lowest BCUT2D eigenvalue weighted by molar-refractivity contribution is 0.0689. The number of amides is 1. The third kappa shape index (κ3) is 5.42. The number of benzene rings is 2. The minimum absolute atomic E-state index is 0.0667. The first kappa shape index (κ1) is 22.8. The lowest BCUT2D eigenvalue weighted by atomic mass is 9.78. The van der Waals surface area contributed by atoms with Crippen LogP contribution in [0.25, 0.3) is 0 Å². The maximum absolute atomic E-state index is 12.8. The highest BCUT2D eigenvalue weighted by Crippen LogP contribution is 2.37. The van der Waals surface area contributed by atoms with Crippen LogP contribution in [0.5, 0.6) is 0 Å². The quantitative estimate of drug-likeness (QED) is 0.636. The summed E-state index contributed by atoms with van der Waals surface area (Å²) in [6.45, 7) is 1.08. The predicted octanol–water partition coefficient (Wildman–Crippen LogP) is 4.78. The number of nitrogens with zero attached hydrogens (tertiary/aromatic N) is 1. The molecule has 0 radical (unpaired) electrons. The van der Waals surface area contributed by atoms with Gasteiger partial charge < -0.3 is 15.3 Å². The molecule has 3 rings (SSSR count). The minimum atomic E-state index is 0.0667. The second-order valence-corrected chi connectivity index (χ2v) is 8.71. The van der Waals surface area contributed by atoms with Crippen molar-refractivity contribution in [2.75, 3.05) is 20.7 Å². The Hall–Kier alpha value is -1.88. The van der Waals surface area contributed by atoms with Gasteiger partial charge in [-0.2, -0.15) is 0 Å². The van der Waals surface area contributed by atoms with Crippen molar-refractivity contribution in [1.82, 2.24) is 10.2 Å². The summed E-state index contributed by atoms with van der Waals surface area (Å²) >= 11 is 5.95. The molecule has 4 nitrogen and oxygen atoms in total. The lowest BCUT2D eigenvalue weighted by Gasteiger charge is -2.36. The zero-order valence-electron chi connectivity index (χ0n) is 18.0. The summed E-state index contributed by atoms with van der Waals surface area (Å²) in [6, 6.07) is 14.0. The van der Waals surface area contributed by atoms with Gasteiger partial charge in [-0.25, -0.2) is 0 Å². The van der Waals surface area contributed by atoms with Crippen molar-refractivity contribution in [2.24, 2.45) is 0 Å². The molecule has 0 bridgehead atoms. The van der Waals surface area contributed by atoms with Gasteiger partial charge in [-0.05, 0) is 92.4 Å². The summed E-state index contributed by atoms with van der Waals surface area (Å²) in [5.41, 5.74) is 4.86. The average Bonchev–Trinajstić information content (AvgIpc) is 2.78. The number of aliphatic hydroxyl groups excluding tert-OH is 1. The molecule has 162 valence electrons. The molecular formula is C25H33ClN2O2. The van der Waals surface area contributed by atoms with Gasteiger partial charge in [0, 0.05) is 36.8 Å². The highest BCUT2D eigenvalue weighted by atomic mass is 35.5. The molecule has 1 amide bonds. The van der Waals surface area contributed by atoms with Crippen LogP contribution >= 0.6 is 11.6 Å². The molecule has 1 fully saturated rings. The van der Waals surface area contributed by atoms with Crippen LogP contribution in [0.1, 0.15) is 65.1 Å². The molecule has 2 aromatic carbocycles. The predicted molar refractivity (Wildman–Crippen MR) is 123 cm³/mol. The van der Waals surface area contributed by atoms with Crippen LogP contribution in [0.4, 0.5) is 0 Å². The zero-order chi connectivity index (χ0) is 21.5. The van der Waals surface area contributed by atoms with E-state index in [9.17, 15) is 9.90 Å². The van der Waals surface area contributed by atoms with Crippen molar-refractivity contribution in [1.29, 1.82) is 0 Å². The molecule has 1 saturated carbocycles. The van der Waals surface area contributed by atoms with E-state index in [0.717, 1.165) is 45.1 Å². The average molecular weight is 429 g/mol. The van der Waals surface area contributed by atoms with Gasteiger partial charge in [0.1, 0.15) is 0 Å². The SMILES string of the molecule is CNCc1c(CCCO)cccc1C1CCC(N(C)C(=O)c2ccc(Cl)cc2)CC1. The summed E-state index contributed by atoms with van der Waals surface area (Å²) in [7, 11) is 3.91. The largest absolute Gasteiger partial charge is 0.396 e. The van der Waals surface area contributed by atoms with Crippen LogP contribution < -0.4 is 5.32 Å². The number of halogens is 1. The Labute approximate surface area is 185 Å². The Kier molecular flexibility index (Phi) is 8.32. The fourth-order valence-corrected chi connectivity index (χ4v) is 4.80. The molecule has 1 aliphatic rings. The number of aryl methyl sites for hydroxylation is 1. The maximum Gasteiger partial charge on any atom is 0.253 e. The van der Waals surface area contributed by atoms with Crippen LogP contribution in [-0.4, -0.2) is 42.7 Å². The topological polar surface area (TPSA) is 52.6 Å². The second kappa shape index (κ2) is 10.9. The van der Waals surface area contributed by atoms with Crippen LogP contribution in [0.2, 0.25) is 5.02 Å². The van der Waals surface area contributed by atoms with E-state index < -0.39 is 0 Å². The molecule has 2 N–H and O–H groups in total. The van der Waals surface area contributed by atoms with Gasteiger partial charge in [0.05, 0.1) is 0 Å². The Morgan fingerprint density at radius 1 is 1.13 bits per heavy atom. The van der Waals surface area contributed by atoms with Crippen molar-refractivity contribution >= 4 is 17.5 Å². The van der Waals surface area contributed by atoms with Gasteiger partial charge in [0.15, 0.2) is 0 Å². The summed E-state index contributed by atoms with van der Waals surface area (Å²) in [4.78, 5) is 14.8. The number of aliphatic hydroxyl groups is 1. The van der Waals surface area contributed by atoms with E-state index in [-0.39, 0.29) is 18.6 Å². The normalized spacial score (nSPS) is 18.9. The molecule has 0 unspecified atom stereocenters. The molecule has 0 aliphatic heterocycles. The van der Waals surface area contributed by atoms with Gasteiger partial charge in [0.2, 0.25) is 0 Å². The summed E-state index contributed by atoms with van der Waals surface area (Å²) in [5.74, 6) is 0.592. The second-order valence-electron chi connectivity index (χ2n) is 8.27. The van der Waals surface area contributed by atoms with E-state index in [4.69, 9.17) is 11.6 Å². The summed E-state index contributed by atoms with van der Waals surface area (Å²) < 4.78 is 0. The summed E-state index contributed by atoms with van der Waals surface area (Å²) in [5, 5.41) is 13.2. The Bertz CT molecular complexity index is 830. The fourth-order valence-electron chi connectivity index (χ4n) is 4.67. The molecule has 1 aliphatic carbocycles. The van der Waals surface area contributed by atoms with Gasteiger partial charge in [-0.3, -0.25) is 4.79 Å². The molecule has 0 heterocycles. The standard InChI is InChI=1S/C25H33ClN2O2/c1-27-17-24-18(6-4-16-29)5-3-7-23(24)19-10-14-22(15-11-19)28(2)25(30)20-8-12-21(26)13-9-20/h3,5,7-9,12-13,19,22,27,29H,4,6,10-11,14-17H2,1-2H3. The van der Waals surface area contributed by atoms with E-state index in [1.165, 1.54) is 16.7 Å². The van der Waals surface area contributed by atoms with Crippen LogP contribution in [0, 0.1) is 0 Å². The molecule has 0 aromatic heterocycles. The van der Waals surface area contributed by atoms with Gasteiger partial charge in [-0.1, -0.05) is 29.8 Å². The Morgan fingerprint density at radius 2 is 1.83 bits per heavy atom. The van der Waals surface area contributed by atoms with Crippen molar-refractivity contribution in [2.45, 2.75) is 57.0 Å². The minimum Gasteiger partial charge on any atom is -0.396 e. The molecule has 2 aromatic rings. The smallest absolute Gasteiger partial charge is 0.253 e. The maximum atomic E-state index is 12.8.